The number of nitrogens with zero attached hydrogens (tertiary/aromatic N) is 1. The fourth-order valence-corrected chi connectivity index (χ4v) is 4.60. The third-order valence-corrected chi connectivity index (χ3v) is 6.24. The van der Waals surface area contributed by atoms with E-state index in [-0.39, 0.29) is 6.42 Å². The summed E-state index contributed by atoms with van der Waals surface area (Å²) in [6.07, 6.45) is 21.7. The Hall–Kier alpha value is -0.610. The van der Waals surface area contributed by atoms with Gasteiger partial charge in [0.25, 0.3) is 0 Å². The SMILES string of the molecule is CCCCCCCCCCCCCCCCC(C)(O)C[N+](C)(C)CCCCC(=O)O. The van der Waals surface area contributed by atoms with Crippen LogP contribution < -0.4 is 0 Å². The van der Waals surface area contributed by atoms with E-state index in [9.17, 15) is 9.90 Å². The first-order valence-electron chi connectivity index (χ1n) is 12.9. The standard InChI is InChI=1S/C26H53NO3/c1-5-6-7-8-9-10-11-12-13-14-15-16-17-19-22-26(2,30)24-27(3,4)23-20-18-21-25(28)29/h30H,5-24H2,1-4H3/p+1. The summed E-state index contributed by atoms with van der Waals surface area (Å²) in [5.74, 6) is -0.717. The van der Waals surface area contributed by atoms with Crippen LogP contribution in [0.4, 0.5) is 0 Å². The summed E-state index contributed by atoms with van der Waals surface area (Å²) >= 11 is 0. The molecule has 0 aromatic carbocycles. The van der Waals surface area contributed by atoms with Gasteiger partial charge in [0.1, 0.15) is 12.1 Å². The number of rotatable bonds is 22. The summed E-state index contributed by atoms with van der Waals surface area (Å²) in [6, 6.07) is 0. The number of aliphatic carboxylic acids is 1. The second-order valence-corrected chi connectivity index (χ2v) is 10.5. The summed E-state index contributed by atoms with van der Waals surface area (Å²) in [5.41, 5.74) is -0.632. The quantitative estimate of drug-likeness (QED) is 0.145. The molecule has 0 fully saturated rings. The predicted molar refractivity (Wildman–Crippen MR) is 129 cm³/mol. The molecule has 0 radical (unpaired) electrons. The molecule has 180 valence electrons. The van der Waals surface area contributed by atoms with Gasteiger partial charge in [0.15, 0.2) is 0 Å². The molecule has 0 aliphatic rings. The number of carboxylic acids is 1. The number of unbranched alkanes of at least 4 members (excludes halogenated alkanes) is 14. The van der Waals surface area contributed by atoms with Crippen LogP contribution in [0.1, 0.15) is 129 Å². The van der Waals surface area contributed by atoms with Gasteiger partial charge in [0.05, 0.1) is 20.6 Å². The highest BCUT2D eigenvalue weighted by molar-refractivity contribution is 5.66. The van der Waals surface area contributed by atoms with Crippen molar-refractivity contribution in [1.82, 2.24) is 0 Å². The van der Waals surface area contributed by atoms with Crippen molar-refractivity contribution in [1.29, 1.82) is 0 Å². The normalized spacial score (nSPS) is 14.0. The van der Waals surface area contributed by atoms with Crippen LogP contribution in [0.2, 0.25) is 0 Å². The smallest absolute Gasteiger partial charge is 0.303 e. The van der Waals surface area contributed by atoms with Crippen molar-refractivity contribution < 1.29 is 19.5 Å². The van der Waals surface area contributed by atoms with Gasteiger partial charge in [-0.25, -0.2) is 0 Å². The molecule has 1 atom stereocenters. The highest BCUT2D eigenvalue weighted by Crippen LogP contribution is 2.20. The van der Waals surface area contributed by atoms with Crippen molar-refractivity contribution in [2.45, 2.75) is 135 Å². The van der Waals surface area contributed by atoms with Gasteiger partial charge in [-0.3, -0.25) is 4.79 Å². The van der Waals surface area contributed by atoms with Crippen LogP contribution in [-0.2, 0) is 4.79 Å². The molecule has 0 amide bonds. The summed E-state index contributed by atoms with van der Waals surface area (Å²) in [7, 11) is 4.28. The number of hydrogen-bond donors (Lipinski definition) is 2. The fraction of sp³-hybridized carbons (Fsp3) is 0.962. The number of likely N-dealkylation sites (N-methyl/N-ethyl adjacent to an activating group) is 1. The third kappa shape index (κ3) is 20.7. The maximum Gasteiger partial charge on any atom is 0.303 e. The molecule has 0 aliphatic heterocycles. The lowest BCUT2D eigenvalue weighted by Crippen LogP contribution is -2.51. The van der Waals surface area contributed by atoms with E-state index in [1.807, 2.05) is 6.92 Å². The molecular weight excluding hydrogens is 374 g/mol. The average molecular weight is 429 g/mol. The molecule has 0 saturated heterocycles. The predicted octanol–water partition coefficient (Wildman–Crippen LogP) is 6.94. The number of carbonyl (C=O) groups is 1. The van der Waals surface area contributed by atoms with Crippen molar-refractivity contribution in [2.24, 2.45) is 0 Å². The van der Waals surface area contributed by atoms with E-state index in [0.717, 1.165) is 43.3 Å². The summed E-state index contributed by atoms with van der Waals surface area (Å²) in [5, 5.41) is 19.5. The summed E-state index contributed by atoms with van der Waals surface area (Å²) in [4.78, 5) is 10.6. The minimum absolute atomic E-state index is 0.245. The lowest BCUT2D eigenvalue weighted by atomic mass is 9.96. The van der Waals surface area contributed by atoms with Crippen LogP contribution in [0.15, 0.2) is 0 Å². The van der Waals surface area contributed by atoms with Gasteiger partial charge in [-0.1, -0.05) is 96.8 Å². The van der Waals surface area contributed by atoms with E-state index in [2.05, 4.69) is 21.0 Å². The Labute approximate surface area is 188 Å². The first kappa shape index (κ1) is 29.4. The zero-order chi connectivity index (χ0) is 22.7. The molecule has 0 spiro atoms. The van der Waals surface area contributed by atoms with E-state index >= 15 is 0 Å². The zero-order valence-corrected chi connectivity index (χ0v) is 20.9. The maximum absolute atomic E-state index is 10.8. The largest absolute Gasteiger partial charge is 0.481 e. The Balaban J connectivity index is 3.59. The molecule has 4 nitrogen and oxygen atoms in total. The van der Waals surface area contributed by atoms with Crippen molar-refractivity contribution in [3.63, 3.8) is 0 Å². The van der Waals surface area contributed by atoms with E-state index in [4.69, 9.17) is 5.11 Å². The second-order valence-electron chi connectivity index (χ2n) is 10.5. The fourth-order valence-electron chi connectivity index (χ4n) is 4.60. The molecule has 4 heteroatoms. The minimum Gasteiger partial charge on any atom is -0.481 e. The zero-order valence-electron chi connectivity index (χ0n) is 20.9. The molecule has 1 unspecified atom stereocenters. The lowest BCUT2D eigenvalue weighted by molar-refractivity contribution is -0.896. The number of carboxylic acid groups (broad SMARTS) is 1. The molecular formula is C26H54NO3+. The highest BCUT2D eigenvalue weighted by Gasteiger charge is 2.29. The lowest BCUT2D eigenvalue weighted by Gasteiger charge is -2.36. The molecule has 0 rings (SSSR count). The summed E-state index contributed by atoms with van der Waals surface area (Å²) < 4.78 is 0.755. The monoisotopic (exact) mass is 428 g/mol. The van der Waals surface area contributed by atoms with Crippen LogP contribution in [0.25, 0.3) is 0 Å². The van der Waals surface area contributed by atoms with Crippen molar-refractivity contribution in [2.75, 3.05) is 27.2 Å². The minimum atomic E-state index is -0.717. The Kier molecular flexibility index (Phi) is 17.6. The first-order chi connectivity index (χ1) is 14.2. The molecule has 0 aliphatic carbocycles. The van der Waals surface area contributed by atoms with E-state index in [1.165, 1.54) is 83.5 Å². The van der Waals surface area contributed by atoms with Gasteiger partial charge in [0.2, 0.25) is 0 Å². The van der Waals surface area contributed by atoms with Crippen molar-refractivity contribution >= 4 is 5.97 Å². The van der Waals surface area contributed by atoms with E-state index in [0.29, 0.717) is 0 Å². The van der Waals surface area contributed by atoms with Crippen LogP contribution >= 0.6 is 0 Å². The van der Waals surface area contributed by atoms with Gasteiger partial charge in [0, 0.05) is 6.42 Å². The van der Waals surface area contributed by atoms with Crippen LogP contribution in [0.3, 0.4) is 0 Å². The molecule has 0 saturated carbocycles. The molecule has 0 heterocycles. The van der Waals surface area contributed by atoms with Crippen molar-refractivity contribution in [3.8, 4) is 0 Å². The van der Waals surface area contributed by atoms with E-state index in [1.54, 1.807) is 0 Å². The maximum atomic E-state index is 10.8. The van der Waals surface area contributed by atoms with Gasteiger partial charge < -0.3 is 14.7 Å². The average Bonchev–Trinajstić information content (AvgIpc) is 2.64. The molecule has 0 bridgehead atoms. The molecule has 30 heavy (non-hydrogen) atoms. The van der Waals surface area contributed by atoms with E-state index < -0.39 is 11.6 Å². The van der Waals surface area contributed by atoms with Crippen molar-refractivity contribution in [3.05, 3.63) is 0 Å². The number of hydrogen-bond acceptors (Lipinski definition) is 2. The Morgan fingerprint density at radius 1 is 0.733 bits per heavy atom. The van der Waals surface area contributed by atoms with Crippen LogP contribution in [0, 0.1) is 0 Å². The topological polar surface area (TPSA) is 57.5 Å². The molecule has 0 aromatic heterocycles. The third-order valence-electron chi connectivity index (χ3n) is 6.24. The Bertz CT molecular complexity index is 407. The highest BCUT2D eigenvalue weighted by atomic mass is 16.4. The van der Waals surface area contributed by atoms with Gasteiger partial charge in [-0.2, -0.15) is 0 Å². The van der Waals surface area contributed by atoms with Gasteiger partial charge >= 0.3 is 5.97 Å². The molecule has 0 aromatic rings. The molecule has 2 N–H and O–H groups in total. The Morgan fingerprint density at radius 2 is 1.17 bits per heavy atom. The van der Waals surface area contributed by atoms with Gasteiger partial charge in [-0.05, 0) is 26.2 Å². The number of quaternary nitrogens is 1. The Morgan fingerprint density at radius 3 is 1.60 bits per heavy atom. The summed E-state index contributed by atoms with van der Waals surface area (Å²) in [6.45, 7) is 5.89. The second kappa shape index (κ2) is 18.0. The van der Waals surface area contributed by atoms with Crippen LogP contribution in [-0.4, -0.2) is 53.5 Å². The first-order valence-corrected chi connectivity index (χ1v) is 12.9. The number of aliphatic hydroxyl groups is 1. The van der Waals surface area contributed by atoms with Crippen LogP contribution in [0.5, 0.6) is 0 Å². The van der Waals surface area contributed by atoms with Gasteiger partial charge in [-0.15, -0.1) is 0 Å².